The van der Waals surface area contributed by atoms with Crippen LogP contribution in [0.25, 0.3) is 0 Å². The Hall–Kier alpha value is -2.52. The molecule has 3 rings (SSSR count). The van der Waals surface area contributed by atoms with Gasteiger partial charge in [-0.05, 0) is 67.3 Å². The number of nitrogens with one attached hydrogen (secondary N) is 1. The zero-order valence-electron chi connectivity index (χ0n) is 17.8. The van der Waals surface area contributed by atoms with Crippen LogP contribution in [0.5, 0.6) is 0 Å². The fourth-order valence-electron chi connectivity index (χ4n) is 2.84. The van der Waals surface area contributed by atoms with Crippen molar-refractivity contribution in [3.05, 3.63) is 87.9 Å². The van der Waals surface area contributed by atoms with Gasteiger partial charge >= 0.3 is 0 Å². The molecule has 6 nitrogen and oxygen atoms in total. The van der Waals surface area contributed by atoms with Gasteiger partial charge < -0.3 is 0 Å². The van der Waals surface area contributed by atoms with E-state index in [0.717, 1.165) is 14.8 Å². The van der Waals surface area contributed by atoms with Gasteiger partial charge in [-0.2, -0.15) is 5.10 Å². The predicted molar refractivity (Wildman–Crippen MR) is 136 cm³/mol. The third kappa shape index (κ3) is 6.51. The molecule has 1 amide bonds. The number of anilines is 1. The maximum Gasteiger partial charge on any atom is 0.264 e. The molecular weight excluding hydrogens is 501 g/mol. The van der Waals surface area contributed by atoms with E-state index in [-0.39, 0.29) is 4.90 Å². The first-order valence-electron chi connectivity index (χ1n) is 9.71. The third-order valence-corrected chi connectivity index (χ3v) is 7.87. The summed E-state index contributed by atoms with van der Waals surface area (Å²) in [6.45, 7) is 1.45. The average Bonchev–Trinajstić information content (AvgIpc) is 2.80. The van der Waals surface area contributed by atoms with Crippen LogP contribution < -0.4 is 9.73 Å². The monoisotopic (exact) mass is 521 g/mol. The fourth-order valence-corrected chi connectivity index (χ4v) is 4.97. The van der Waals surface area contributed by atoms with Gasteiger partial charge in [-0.25, -0.2) is 13.8 Å². The molecule has 0 aliphatic heterocycles. The van der Waals surface area contributed by atoms with E-state index in [0.29, 0.717) is 21.3 Å². The highest BCUT2D eigenvalue weighted by molar-refractivity contribution is 7.98. The van der Waals surface area contributed by atoms with Crippen LogP contribution in [0.15, 0.2) is 81.6 Å². The summed E-state index contributed by atoms with van der Waals surface area (Å²) < 4.78 is 27.8. The molecule has 0 fully saturated rings. The summed E-state index contributed by atoms with van der Waals surface area (Å²) in [5.41, 5.74) is 4.33. The van der Waals surface area contributed by atoms with E-state index >= 15 is 0 Å². The lowest BCUT2D eigenvalue weighted by atomic mass is 10.2. The van der Waals surface area contributed by atoms with Gasteiger partial charge in [-0.3, -0.25) is 9.10 Å². The van der Waals surface area contributed by atoms with Gasteiger partial charge in [0.2, 0.25) is 0 Å². The van der Waals surface area contributed by atoms with Gasteiger partial charge in [0.1, 0.15) is 6.54 Å². The molecule has 0 spiro atoms. The van der Waals surface area contributed by atoms with Crippen molar-refractivity contribution in [1.82, 2.24) is 5.43 Å². The van der Waals surface area contributed by atoms with Crippen LogP contribution >= 0.6 is 35.0 Å². The molecule has 0 aliphatic carbocycles. The van der Waals surface area contributed by atoms with Crippen LogP contribution in [-0.2, 0) is 14.8 Å². The minimum atomic E-state index is -4.00. The Morgan fingerprint density at radius 1 is 1.03 bits per heavy atom. The number of halogens is 2. The molecule has 0 saturated heterocycles. The molecule has 0 unspecified atom stereocenters. The standard InChI is InChI=1S/C23H21Cl2N3O3S2/c1-16-3-6-18(7-4-16)28(33(30,31)20-10-8-19(32-2)9-11-20)15-23(29)27-26-14-17-5-12-21(24)22(25)13-17/h3-14H,15H2,1-2H3,(H,27,29)/b26-14-. The summed E-state index contributed by atoms with van der Waals surface area (Å²) in [7, 11) is -4.00. The fraction of sp³-hybridized carbons (Fsp3) is 0.130. The smallest absolute Gasteiger partial charge is 0.264 e. The highest BCUT2D eigenvalue weighted by atomic mass is 35.5. The Morgan fingerprint density at radius 2 is 1.70 bits per heavy atom. The van der Waals surface area contributed by atoms with Gasteiger partial charge in [0, 0.05) is 4.90 Å². The van der Waals surface area contributed by atoms with Crippen molar-refractivity contribution in [2.45, 2.75) is 16.7 Å². The number of carbonyl (C=O) groups excluding carboxylic acids is 1. The molecule has 33 heavy (non-hydrogen) atoms. The van der Waals surface area contributed by atoms with E-state index in [2.05, 4.69) is 10.5 Å². The molecule has 3 aromatic carbocycles. The maximum atomic E-state index is 13.4. The molecule has 0 radical (unpaired) electrons. The summed E-state index contributed by atoms with van der Waals surface area (Å²) in [5, 5.41) is 4.66. The van der Waals surface area contributed by atoms with E-state index in [9.17, 15) is 13.2 Å². The zero-order valence-corrected chi connectivity index (χ0v) is 21.0. The largest absolute Gasteiger partial charge is 0.271 e. The molecular formula is C23H21Cl2N3O3S2. The number of carbonyl (C=O) groups is 1. The molecule has 0 atom stereocenters. The van der Waals surface area contributed by atoms with Crippen molar-refractivity contribution in [2.24, 2.45) is 5.10 Å². The van der Waals surface area contributed by atoms with Gasteiger partial charge in [0.05, 0.1) is 26.8 Å². The number of thioether (sulfide) groups is 1. The van der Waals surface area contributed by atoms with E-state index in [1.807, 2.05) is 13.2 Å². The minimum absolute atomic E-state index is 0.0907. The van der Waals surface area contributed by atoms with E-state index in [1.165, 1.54) is 30.1 Å². The Morgan fingerprint density at radius 3 is 2.30 bits per heavy atom. The van der Waals surface area contributed by atoms with Crippen molar-refractivity contribution < 1.29 is 13.2 Å². The van der Waals surface area contributed by atoms with Crippen molar-refractivity contribution >= 4 is 62.8 Å². The number of sulfonamides is 1. The normalized spacial score (nSPS) is 11.5. The second kappa shape index (κ2) is 11.1. The van der Waals surface area contributed by atoms with Crippen molar-refractivity contribution in [2.75, 3.05) is 17.1 Å². The highest BCUT2D eigenvalue weighted by Crippen LogP contribution is 2.26. The van der Waals surface area contributed by atoms with E-state index in [4.69, 9.17) is 23.2 Å². The quantitative estimate of drug-likeness (QED) is 0.245. The number of benzene rings is 3. The first-order valence-corrected chi connectivity index (χ1v) is 13.1. The van der Waals surface area contributed by atoms with Crippen LogP contribution in [0.3, 0.4) is 0 Å². The second-order valence-corrected chi connectivity index (χ2v) is 10.5. The lowest BCUT2D eigenvalue weighted by molar-refractivity contribution is -0.119. The molecule has 3 aromatic rings. The van der Waals surface area contributed by atoms with Crippen LogP contribution in [-0.4, -0.2) is 33.3 Å². The number of hydrogen-bond acceptors (Lipinski definition) is 5. The number of nitrogens with zero attached hydrogens (tertiary/aromatic N) is 2. The number of amides is 1. The van der Waals surface area contributed by atoms with Crippen molar-refractivity contribution in [3.8, 4) is 0 Å². The van der Waals surface area contributed by atoms with Gasteiger partial charge in [0.15, 0.2) is 0 Å². The highest BCUT2D eigenvalue weighted by Gasteiger charge is 2.27. The lowest BCUT2D eigenvalue weighted by Gasteiger charge is -2.24. The SMILES string of the molecule is CSc1ccc(S(=O)(=O)N(CC(=O)N/N=C\c2ccc(Cl)c(Cl)c2)c2ccc(C)cc2)cc1. The molecule has 0 aromatic heterocycles. The first kappa shape index (κ1) is 25.1. The van der Waals surface area contributed by atoms with Crippen molar-refractivity contribution in [1.29, 1.82) is 0 Å². The summed E-state index contributed by atoms with van der Waals surface area (Å²) in [6.07, 6.45) is 3.30. The maximum absolute atomic E-state index is 13.4. The molecule has 172 valence electrons. The Kier molecular flexibility index (Phi) is 8.42. The van der Waals surface area contributed by atoms with Gasteiger partial charge in [-0.1, -0.05) is 47.0 Å². The minimum Gasteiger partial charge on any atom is -0.271 e. The van der Waals surface area contributed by atoms with Gasteiger partial charge in [-0.15, -0.1) is 11.8 Å². The van der Waals surface area contributed by atoms with Crippen LogP contribution in [0.4, 0.5) is 5.69 Å². The molecule has 0 aliphatic rings. The topological polar surface area (TPSA) is 78.8 Å². The van der Waals surface area contributed by atoms with Crippen LogP contribution in [0.1, 0.15) is 11.1 Å². The average molecular weight is 522 g/mol. The Balaban J connectivity index is 1.83. The molecule has 10 heteroatoms. The number of aryl methyl sites for hydroxylation is 1. The molecule has 1 N–H and O–H groups in total. The summed E-state index contributed by atoms with van der Waals surface area (Å²) in [4.78, 5) is 13.6. The zero-order chi connectivity index (χ0) is 24.0. The predicted octanol–water partition coefficient (Wildman–Crippen LogP) is 5.37. The van der Waals surface area contributed by atoms with E-state index in [1.54, 1.807) is 54.6 Å². The Labute approximate surface area is 207 Å². The summed E-state index contributed by atoms with van der Waals surface area (Å²) in [6, 6.07) is 18.3. The first-order chi connectivity index (χ1) is 15.7. The Bertz CT molecular complexity index is 1260. The van der Waals surface area contributed by atoms with Crippen LogP contribution in [0, 0.1) is 6.92 Å². The third-order valence-electron chi connectivity index (χ3n) is 4.60. The van der Waals surface area contributed by atoms with Gasteiger partial charge in [0.25, 0.3) is 15.9 Å². The van der Waals surface area contributed by atoms with E-state index < -0.39 is 22.5 Å². The number of hydrazone groups is 1. The molecule has 0 bridgehead atoms. The van der Waals surface area contributed by atoms with Crippen molar-refractivity contribution in [3.63, 3.8) is 0 Å². The lowest BCUT2D eigenvalue weighted by Crippen LogP contribution is -2.39. The second-order valence-electron chi connectivity index (χ2n) is 6.99. The van der Waals surface area contributed by atoms with Crippen LogP contribution in [0.2, 0.25) is 10.0 Å². The summed E-state index contributed by atoms with van der Waals surface area (Å²) in [5.74, 6) is -0.601. The number of rotatable bonds is 8. The number of hydrogen-bond donors (Lipinski definition) is 1. The summed E-state index contributed by atoms with van der Waals surface area (Å²) >= 11 is 13.4. The molecule has 0 heterocycles. The molecule has 0 saturated carbocycles.